The molecule has 3 rings (SSSR count). The van der Waals surface area contributed by atoms with E-state index in [2.05, 4.69) is 10.5 Å². The van der Waals surface area contributed by atoms with Crippen LogP contribution >= 0.6 is 23.2 Å². The maximum Gasteiger partial charge on any atom is 0.271 e. The van der Waals surface area contributed by atoms with Gasteiger partial charge in [0.2, 0.25) is 0 Å². The molecule has 0 bridgehead atoms. The molecule has 8 heteroatoms. The van der Waals surface area contributed by atoms with Crippen molar-refractivity contribution in [1.29, 1.82) is 0 Å². The summed E-state index contributed by atoms with van der Waals surface area (Å²) in [4.78, 5) is 12.5. The van der Waals surface area contributed by atoms with Gasteiger partial charge in [0.15, 0.2) is 17.2 Å². The number of rotatable bonds is 9. The minimum atomic E-state index is -0.400. The average molecular weight is 473 g/mol. The minimum Gasteiger partial charge on any atom is -0.494 e. The fourth-order valence-corrected chi connectivity index (χ4v) is 3.51. The molecular formula is C24H22Cl2N2O4. The van der Waals surface area contributed by atoms with Crippen LogP contribution in [-0.4, -0.2) is 25.8 Å². The molecule has 166 valence electrons. The van der Waals surface area contributed by atoms with Crippen LogP contribution in [0.15, 0.2) is 65.8 Å². The fraction of sp³-hybridized carbons (Fsp3) is 0.167. The third-order valence-electron chi connectivity index (χ3n) is 4.35. The van der Waals surface area contributed by atoms with Gasteiger partial charge in [-0.15, -0.1) is 0 Å². The van der Waals surface area contributed by atoms with Crippen molar-refractivity contribution in [1.82, 2.24) is 5.43 Å². The van der Waals surface area contributed by atoms with Gasteiger partial charge in [-0.1, -0.05) is 53.5 Å². The second kappa shape index (κ2) is 11.4. The molecule has 0 aliphatic carbocycles. The van der Waals surface area contributed by atoms with Crippen molar-refractivity contribution in [3.8, 4) is 17.2 Å². The highest BCUT2D eigenvalue weighted by atomic mass is 35.5. The van der Waals surface area contributed by atoms with Gasteiger partial charge in [0.1, 0.15) is 6.61 Å². The van der Waals surface area contributed by atoms with Crippen LogP contribution in [0.1, 0.15) is 28.4 Å². The van der Waals surface area contributed by atoms with Gasteiger partial charge in [0.05, 0.1) is 30.0 Å². The lowest BCUT2D eigenvalue weighted by Gasteiger charge is -2.13. The Balaban J connectivity index is 1.68. The predicted molar refractivity (Wildman–Crippen MR) is 126 cm³/mol. The van der Waals surface area contributed by atoms with Gasteiger partial charge in [0.25, 0.3) is 5.91 Å². The highest BCUT2D eigenvalue weighted by Gasteiger charge is 2.12. The zero-order valence-electron chi connectivity index (χ0n) is 17.6. The Morgan fingerprint density at radius 2 is 1.72 bits per heavy atom. The van der Waals surface area contributed by atoms with Crippen LogP contribution in [0.2, 0.25) is 10.0 Å². The minimum absolute atomic E-state index is 0.347. The van der Waals surface area contributed by atoms with Gasteiger partial charge in [-0.2, -0.15) is 5.10 Å². The van der Waals surface area contributed by atoms with Gasteiger partial charge >= 0.3 is 0 Å². The number of hydrogen-bond acceptors (Lipinski definition) is 5. The van der Waals surface area contributed by atoms with E-state index in [1.165, 1.54) is 13.3 Å². The summed E-state index contributed by atoms with van der Waals surface area (Å²) in [6.07, 6.45) is 1.44. The number of hydrazone groups is 1. The van der Waals surface area contributed by atoms with Crippen LogP contribution in [0.25, 0.3) is 0 Å². The highest BCUT2D eigenvalue weighted by Crippen LogP contribution is 2.33. The van der Waals surface area contributed by atoms with Crippen LogP contribution in [-0.2, 0) is 6.61 Å². The summed E-state index contributed by atoms with van der Waals surface area (Å²) in [5.74, 6) is 1.02. The Morgan fingerprint density at radius 1 is 1.00 bits per heavy atom. The molecule has 3 aromatic carbocycles. The quantitative estimate of drug-likeness (QED) is 0.318. The van der Waals surface area contributed by atoms with Crippen molar-refractivity contribution in [3.63, 3.8) is 0 Å². The van der Waals surface area contributed by atoms with E-state index in [0.717, 1.165) is 5.56 Å². The predicted octanol–water partition coefficient (Wildman–Crippen LogP) is 5.74. The molecular weight excluding hydrogens is 451 g/mol. The molecule has 0 aliphatic heterocycles. The van der Waals surface area contributed by atoms with E-state index in [1.54, 1.807) is 30.3 Å². The number of ether oxygens (including phenoxy) is 3. The van der Waals surface area contributed by atoms with Crippen molar-refractivity contribution in [2.24, 2.45) is 5.10 Å². The summed E-state index contributed by atoms with van der Waals surface area (Å²) in [7, 11) is 1.48. The Hall–Kier alpha value is -3.22. The first kappa shape index (κ1) is 23.4. The van der Waals surface area contributed by atoms with Gasteiger partial charge < -0.3 is 14.2 Å². The van der Waals surface area contributed by atoms with Crippen molar-refractivity contribution >= 4 is 35.3 Å². The molecule has 0 aromatic heterocycles. The van der Waals surface area contributed by atoms with Crippen molar-refractivity contribution in [3.05, 3.63) is 87.4 Å². The summed E-state index contributed by atoms with van der Waals surface area (Å²) < 4.78 is 16.6. The lowest BCUT2D eigenvalue weighted by Crippen LogP contribution is -2.17. The lowest BCUT2D eigenvalue weighted by molar-refractivity contribution is 0.0954. The molecule has 0 atom stereocenters. The lowest BCUT2D eigenvalue weighted by atomic mass is 10.2. The Labute approximate surface area is 196 Å². The number of carbonyl (C=O) groups is 1. The number of nitrogens with one attached hydrogen (secondary N) is 1. The van der Waals surface area contributed by atoms with Gasteiger partial charge in [-0.25, -0.2) is 5.43 Å². The zero-order valence-corrected chi connectivity index (χ0v) is 19.1. The SMILES string of the molecule is CCOc1cc(C(=O)N/N=C/c2cc(Cl)c(OC)c(Cl)c2)ccc1OCc1ccccc1. The molecule has 0 saturated heterocycles. The van der Waals surface area contributed by atoms with Crippen molar-refractivity contribution < 1.29 is 19.0 Å². The molecule has 0 spiro atoms. The maximum absolute atomic E-state index is 12.5. The molecule has 0 aliphatic rings. The number of halogens is 2. The first-order chi connectivity index (χ1) is 15.5. The van der Waals surface area contributed by atoms with E-state index < -0.39 is 5.91 Å². The Bertz CT molecular complexity index is 1080. The number of amides is 1. The van der Waals surface area contributed by atoms with E-state index >= 15 is 0 Å². The molecule has 0 saturated carbocycles. The third-order valence-corrected chi connectivity index (χ3v) is 4.91. The molecule has 1 N–H and O–H groups in total. The molecule has 32 heavy (non-hydrogen) atoms. The Morgan fingerprint density at radius 3 is 2.38 bits per heavy atom. The molecule has 1 amide bonds. The normalized spacial score (nSPS) is 10.8. The number of nitrogens with zero attached hydrogens (tertiary/aromatic N) is 1. The number of benzene rings is 3. The smallest absolute Gasteiger partial charge is 0.271 e. The second-order valence-electron chi connectivity index (χ2n) is 6.59. The first-order valence-corrected chi connectivity index (χ1v) is 10.6. The molecule has 6 nitrogen and oxygen atoms in total. The molecule has 0 unspecified atom stereocenters. The van der Waals surface area contributed by atoms with Gasteiger partial charge in [-0.05, 0) is 48.4 Å². The largest absolute Gasteiger partial charge is 0.494 e. The molecule has 3 aromatic rings. The average Bonchev–Trinajstić information content (AvgIpc) is 2.79. The second-order valence-corrected chi connectivity index (χ2v) is 7.40. The summed E-state index contributed by atoms with van der Waals surface area (Å²) >= 11 is 12.2. The van der Waals surface area contributed by atoms with E-state index in [4.69, 9.17) is 37.4 Å². The van der Waals surface area contributed by atoms with E-state index in [9.17, 15) is 4.79 Å². The zero-order chi connectivity index (χ0) is 22.9. The summed E-state index contributed by atoms with van der Waals surface area (Å²) in [5, 5.41) is 4.67. The number of methoxy groups -OCH3 is 1. The van der Waals surface area contributed by atoms with E-state index in [0.29, 0.717) is 51.6 Å². The molecule has 0 heterocycles. The van der Waals surface area contributed by atoms with Gasteiger partial charge in [-0.3, -0.25) is 4.79 Å². The topological polar surface area (TPSA) is 69.2 Å². The van der Waals surface area contributed by atoms with Gasteiger partial charge in [0, 0.05) is 5.56 Å². The van der Waals surface area contributed by atoms with E-state index in [1.807, 2.05) is 37.3 Å². The van der Waals surface area contributed by atoms with Crippen LogP contribution in [0, 0.1) is 0 Å². The van der Waals surface area contributed by atoms with Crippen molar-refractivity contribution in [2.45, 2.75) is 13.5 Å². The molecule has 0 radical (unpaired) electrons. The van der Waals surface area contributed by atoms with E-state index in [-0.39, 0.29) is 0 Å². The van der Waals surface area contributed by atoms with Crippen molar-refractivity contribution in [2.75, 3.05) is 13.7 Å². The molecule has 0 fully saturated rings. The fourth-order valence-electron chi connectivity index (χ4n) is 2.85. The maximum atomic E-state index is 12.5. The van der Waals surface area contributed by atoms with Crippen LogP contribution in [0.4, 0.5) is 0 Å². The highest BCUT2D eigenvalue weighted by molar-refractivity contribution is 6.37. The van der Waals surface area contributed by atoms with Crippen LogP contribution < -0.4 is 19.6 Å². The number of hydrogen-bond donors (Lipinski definition) is 1. The van der Waals surface area contributed by atoms with Crippen LogP contribution in [0.5, 0.6) is 17.2 Å². The van der Waals surface area contributed by atoms with Crippen LogP contribution in [0.3, 0.4) is 0 Å². The summed E-state index contributed by atoms with van der Waals surface area (Å²) in [6, 6.07) is 18.0. The third kappa shape index (κ3) is 6.15. The first-order valence-electron chi connectivity index (χ1n) is 9.81. The summed E-state index contributed by atoms with van der Waals surface area (Å²) in [6.45, 7) is 2.69. The monoisotopic (exact) mass is 472 g/mol. The summed E-state index contributed by atoms with van der Waals surface area (Å²) in [5.41, 5.74) is 4.50. The Kier molecular flexibility index (Phi) is 8.36. The number of carbonyl (C=O) groups excluding carboxylic acids is 1. The standard InChI is InChI=1S/C24H22Cl2N2O4/c1-3-31-22-13-18(9-10-21(22)32-15-16-7-5-4-6-8-16)24(29)28-27-14-17-11-19(25)23(30-2)20(26)12-17/h4-14H,3,15H2,1-2H3,(H,28,29)/b27-14+.